The van der Waals surface area contributed by atoms with Crippen LogP contribution < -0.4 is 14.8 Å². The second-order valence-corrected chi connectivity index (χ2v) is 7.88. The fourth-order valence-corrected chi connectivity index (χ4v) is 3.63. The number of guanidine groups is 1. The largest absolute Gasteiger partial charge is 0.454 e. The van der Waals surface area contributed by atoms with Gasteiger partial charge in [0.25, 0.3) is 0 Å². The van der Waals surface area contributed by atoms with E-state index < -0.39 is 0 Å². The van der Waals surface area contributed by atoms with Gasteiger partial charge in [-0.25, -0.2) is 0 Å². The van der Waals surface area contributed by atoms with Crippen LogP contribution in [0.15, 0.2) is 27.7 Å². The number of fused-ring (bicyclic) bond motifs is 1. The number of hydrogen-bond donors (Lipinski definition) is 1. The number of nitrogens with one attached hydrogen (secondary N) is 1. The SMILES string of the molecule is CN=C(NCCc1nc(C(C)C)no1)N1CCN(Cc2ccc3c(c2)OCO3)CC1. The van der Waals surface area contributed by atoms with Gasteiger partial charge < -0.3 is 24.2 Å². The molecule has 0 spiro atoms. The first kappa shape index (κ1) is 20.5. The van der Waals surface area contributed by atoms with Crippen molar-refractivity contribution in [2.75, 3.05) is 46.6 Å². The van der Waals surface area contributed by atoms with Crippen LogP contribution in [0.3, 0.4) is 0 Å². The third kappa shape index (κ3) is 4.84. The van der Waals surface area contributed by atoms with Crippen LogP contribution in [0.25, 0.3) is 0 Å². The molecule has 3 heterocycles. The number of hydrogen-bond acceptors (Lipinski definition) is 7. The van der Waals surface area contributed by atoms with Crippen molar-refractivity contribution in [2.24, 2.45) is 4.99 Å². The number of aliphatic imine (C=N–C) groups is 1. The molecule has 0 atom stereocenters. The molecule has 4 rings (SSSR count). The molecular formula is C21H30N6O3. The van der Waals surface area contributed by atoms with Crippen LogP contribution in [0.2, 0.25) is 0 Å². The molecule has 162 valence electrons. The van der Waals surface area contributed by atoms with Crippen LogP contribution >= 0.6 is 0 Å². The summed E-state index contributed by atoms with van der Waals surface area (Å²) >= 11 is 0. The van der Waals surface area contributed by atoms with E-state index in [1.54, 1.807) is 0 Å². The molecule has 0 amide bonds. The molecule has 0 radical (unpaired) electrons. The number of piperazine rings is 1. The van der Waals surface area contributed by atoms with Crippen molar-refractivity contribution < 1.29 is 14.0 Å². The molecule has 1 fully saturated rings. The van der Waals surface area contributed by atoms with Gasteiger partial charge in [0.05, 0.1) is 0 Å². The predicted octanol–water partition coefficient (Wildman–Crippen LogP) is 1.86. The summed E-state index contributed by atoms with van der Waals surface area (Å²) in [7, 11) is 1.82. The Hall–Kier alpha value is -2.81. The number of nitrogens with zero attached hydrogens (tertiary/aromatic N) is 5. The van der Waals surface area contributed by atoms with Gasteiger partial charge in [-0.05, 0) is 17.7 Å². The molecule has 0 aliphatic carbocycles. The Bertz CT molecular complexity index is 873. The van der Waals surface area contributed by atoms with E-state index in [0.29, 0.717) is 25.6 Å². The Labute approximate surface area is 177 Å². The molecule has 0 bridgehead atoms. The molecule has 2 aliphatic rings. The lowest BCUT2D eigenvalue weighted by Gasteiger charge is -2.36. The standard InChI is InChI=1S/C21H30N6O3/c1-15(2)20-24-19(30-25-20)6-7-23-21(22-3)27-10-8-26(9-11-27)13-16-4-5-17-18(12-16)29-14-28-17/h4-5,12,15H,6-11,13-14H2,1-3H3,(H,22,23). The highest BCUT2D eigenvalue weighted by Crippen LogP contribution is 2.32. The number of benzene rings is 1. The van der Waals surface area contributed by atoms with Gasteiger partial charge in [0.1, 0.15) is 0 Å². The van der Waals surface area contributed by atoms with Crippen molar-refractivity contribution in [3.05, 3.63) is 35.5 Å². The summed E-state index contributed by atoms with van der Waals surface area (Å²) in [5, 5.41) is 7.43. The topological polar surface area (TPSA) is 88.2 Å². The Morgan fingerprint density at radius 1 is 1.17 bits per heavy atom. The summed E-state index contributed by atoms with van der Waals surface area (Å²) < 4.78 is 16.2. The third-order valence-electron chi connectivity index (χ3n) is 5.35. The molecule has 1 aromatic heterocycles. The Morgan fingerprint density at radius 3 is 2.70 bits per heavy atom. The monoisotopic (exact) mass is 414 g/mol. The Kier molecular flexibility index (Phi) is 6.37. The predicted molar refractivity (Wildman–Crippen MR) is 113 cm³/mol. The normalized spacial score (nSPS) is 17.1. The first-order valence-electron chi connectivity index (χ1n) is 10.5. The molecule has 1 N–H and O–H groups in total. The second-order valence-electron chi connectivity index (χ2n) is 7.88. The van der Waals surface area contributed by atoms with E-state index in [1.807, 2.05) is 13.1 Å². The lowest BCUT2D eigenvalue weighted by Crippen LogP contribution is -2.52. The number of aromatic nitrogens is 2. The van der Waals surface area contributed by atoms with E-state index in [-0.39, 0.29) is 5.92 Å². The van der Waals surface area contributed by atoms with Gasteiger partial charge in [-0.15, -0.1) is 0 Å². The summed E-state index contributed by atoms with van der Waals surface area (Å²) in [6, 6.07) is 6.19. The minimum Gasteiger partial charge on any atom is -0.454 e. The maximum Gasteiger partial charge on any atom is 0.231 e. The van der Waals surface area contributed by atoms with E-state index in [1.165, 1.54) is 5.56 Å². The molecule has 2 aromatic rings. The fraction of sp³-hybridized carbons (Fsp3) is 0.571. The summed E-state index contributed by atoms with van der Waals surface area (Å²) in [4.78, 5) is 13.6. The molecule has 30 heavy (non-hydrogen) atoms. The smallest absolute Gasteiger partial charge is 0.231 e. The zero-order chi connectivity index (χ0) is 20.9. The maximum absolute atomic E-state index is 5.49. The minimum atomic E-state index is 0.275. The van der Waals surface area contributed by atoms with Gasteiger partial charge in [-0.3, -0.25) is 9.89 Å². The summed E-state index contributed by atoms with van der Waals surface area (Å²) in [6.45, 7) is 9.88. The molecule has 0 unspecified atom stereocenters. The Balaban J connectivity index is 1.22. The van der Waals surface area contributed by atoms with Crippen LogP contribution in [0.1, 0.15) is 37.0 Å². The van der Waals surface area contributed by atoms with Crippen LogP contribution in [-0.4, -0.2) is 72.5 Å². The molecule has 9 heteroatoms. The van der Waals surface area contributed by atoms with Crippen molar-refractivity contribution in [1.29, 1.82) is 0 Å². The lowest BCUT2D eigenvalue weighted by molar-refractivity contribution is 0.171. The first-order valence-corrected chi connectivity index (χ1v) is 10.5. The molecule has 2 aliphatic heterocycles. The number of rotatable bonds is 6. The molecule has 9 nitrogen and oxygen atoms in total. The summed E-state index contributed by atoms with van der Waals surface area (Å²) in [5.41, 5.74) is 1.25. The highest BCUT2D eigenvalue weighted by atomic mass is 16.7. The van der Waals surface area contributed by atoms with Crippen LogP contribution in [0.4, 0.5) is 0 Å². The minimum absolute atomic E-state index is 0.275. The molecule has 1 saturated heterocycles. The van der Waals surface area contributed by atoms with Gasteiger partial charge in [-0.2, -0.15) is 4.98 Å². The van der Waals surface area contributed by atoms with Gasteiger partial charge in [0, 0.05) is 58.7 Å². The van der Waals surface area contributed by atoms with Crippen molar-refractivity contribution in [1.82, 2.24) is 25.3 Å². The zero-order valence-electron chi connectivity index (χ0n) is 17.9. The van der Waals surface area contributed by atoms with Gasteiger partial charge >= 0.3 is 0 Å². The average Bonchev–Trinajstić information content (AvgIpc) is 3.41. The van der Waals surface area contributed by atoms with Crippen LogP contribution in [0.5, 0.6) is 11.5 Å². The maximum atomic E-state index is 5.49. The fourth-order valence-electron chi connectivity index (χ4n) is 3.63. The van der Waals surface area contributed by atoms with Crippen LogP contribution in [0, 0.1) is 0 Å². The summed E-state index contributed by atoms with van der Waals surface area (Å²) in [6.07, 6.45) is 0.683. The lowest BCUT2D eigenvalue weighted by atomic mass is 10.1. The highest BCUT2D eigenvalue weighted by Gasteiger charge is 2.21. The highest BCUT2D eigenvalue weighted by molar-refractivity contribution is 5.80. The van der Waals surface area contributed by atoms with E-state index in [0.717, 1.165) is 56.0 Å². The number of ether oxygens (including phenoxy) is 2. The summed E-state index contributed by atoms with van der Waals surface area (Å²) in [5.74, 6) is 4.29. The quantitative estimate of drug-likeness (QED) is 0.566. The zero-order valence-corrected chi connectivity index (χ0v) is 17.9. The van der Waals surface area contributed by atoms with Gasteiger partial charge in [0.15, 0.2) is 23.3 Å². The first-order chi connectivity index (χ1) is 14.6. The van der Waals surface area contributed by atoms with Crippen molar-refractivity contribution >= 4 is 5.96 Å². The average molecular weight is 415 g/mol. The van der Waals surface area contributed by atoms with E-state index in [4.69, 9.17) is 14.0 Å². The third-order valence-corrected chi connectivity index (χ3v) is 5.35. The van der Waals surface area contributed by atoms with Crippen molar-refractivity contribution in [3.8, 4) is 11.5 Å². The van der Waals surface area contributed by atoms with E-state index in [9.17, 15) is 0 Å². The van der Waals surface area contributed by atoms with Crippen molar-refractivity contribution in [2.45, 2.75) is 32.7 Å². The van der Waals surface area contributed by atoms with Gasteiger partial charge in [-0.1, -0.05) is 25.1 Å². The molecule has 1 aromatic carbocycles. The van der Waals surface area contributed by atoms with E-state index >= 15 is 0 Å². The molecule has 0 saturated carbocycles. The van der Waals surface area contributed by atoms with E-state index in [2.05, 4.69) is 56.2 Å². The van der Waals surface area contributed by atoms with Crippen molar-refractivity contribution in [3.63, 3.8) is 0 Å². The Morgan fingerprint density at radius 2 is 1.97 bits per heavy atom. The van der Waals surface area contributed by atoms with Crippen LogP contribution in [-0.2, 0) is 13.0 Å². The van der Waals surface area contributed by atoms with Gasteiger partial charge in [0.2, 0.25) is 12.7 Å². The molecular weight excluding hydrogens is 384 g/mol. The second kappa shape index (κ2) is 9.34.